The maximum Gasteiger partial charge on any atom is 0.253 e. The van der Waals surface area contributed by atoms with Crippen molar-refractivity contribution >= 4 is 11.6 Å². The molecule has 0 aromatic heterocycles. The highest BCUT2D eigenvalue weighted by atomic mass is 16.1. The summed E-state index contributed by atoms with van der Waals surface area (Å²) in [5.41, 5.74) is 3.87. The van der Waals surface area contributed by atoms with Gasteiger partial charge in [-0.2, -0.15) is 0 Å². The standard InChI is InChI=1S/C18H22N2O/c1-13(2)20-17-7-5-4-6-16(17)18(21)19-12-15-10-8-14(3)9-11-15/h4-11,13,20H,12H2,1-3H3,(H,19,21). The van der Waals surface area contributed by atoms with E-state index in [1.54, 1.807) is 0 Å². The van der Waals surface area contributed by atoms with Crippen LogP contribution in [0.25, 0.3) is 0 Å². The second kappa shape index (κ2) is 6.93. The summed E-state index contributed by atoms with van der Waals surface area (Å²) in [4.78, 5) is 12.3. The molecule has 1 amide bonds. The van der Waals surface area contributed by atoms with E-state index in [-0.39, 0.29) is 11.9 Å². The fourth-order valence-corrected chi connectivity index (χ4v) is 2.10. The fraction of sp³-hybridized carbons (Fsp3) is 0.278. The van der Waals surface area contributed by atoms with Gasteiger partial charge >= 0.3 is 0 Å². The van der Waals surface area contributed by atoms with E-state index < -0.39 is 0 Å². The molecule has 3 nitrogen and oxygen atoms in total. The van der Waals surface area contributed by atoms with Gasteiger partial charge in [0, 0.05) is 18.3 Å². The predicted octanol–water partition coefficient (Wildman–Crippen LogP) is 3.75. The lowest BCUT2D eigenvalue weighted by atomic mass is 10.1. The molecule has 0 heterocycles. The third kappa shape index (κ3) is 4.35. The van der Waals surface area contributed by atoms with Gasteiger partial charge in [0.2, 0.25) is 0 Å². The normalized spacial score (nSPS) is 10.5. The van der Waals surface area contributed by atoms with Crippen molar-refractivity contribution in [1.82, 2.24) is 5.32 Å². The second-order valence-corrected chi connectivity index (χ2v) is 5.51. The van der Waals surface area contributed by atoms with Crippen LogP contribution in [0, 0.1) is 6.92 Å². The van der Waals surface area contributed by atoms with E-state index in [0.717, 1.165) is 11.3 Å². The van der Waals surface area contributed by atoms with Gasteiger partial charge in [-0.1, -0.05) is 42.0 Å². The zero-order chi connectivity index (χ0) is 15.2. The summed E-state index contributed by atoms with van der Waals surface area (Å²) in [6, 6.07) is 16.0. The molecular weight excluding hydrogens is 260 g/mol. The molecule has 0 aliphatic heterocycles. The third-order valence-electron chi connectivity index (χ3n) is 3.19. The van der Waals surface area contributed by atoms with Gasteiger partial charge in [-0.25, -0.2) is 0 Å². The Bertz CT molecular complexity index is 603. The minimum Gasteiger partial charge on any atom is -0.382 e. The Morgan fingerprint density at radius 3 is 2.38 bits per heavy atom. The molecule has 0 saturated carbocycles. The van der Waals surface area contributed by atoms with Gasteiger partial charge in [-0.15, -0.1) is 0 Å². The van der Waals surface area contributed by atoms with Crippen molar-refractivity contribution in [3.8, 4) is 0 Å². The SMILES string of the molecule is Cc1ccc(CNC(=O)c2ccccc2NC(C)C)cc1. The van der Waals surface area contributed by atoms with Crippen LogP contribution in [-0.2, 0) is 6.54 Å². The summed E-state index contributed by atoms with van der Waals surface area (Å²) in [7, 11) is 0. The van der Waals surface area contributed by atoms with Crippen LogP contribution < -0.4 is 10.6 Å². The smallest absolute Gasteiger partial charge is 0.253 e. The lowest BCUT2D eigenvalue weighted by Gasteiger charge is -2.14. The number of hydrogen-bond acceptors (Lipinski definition) is 2. The second-order valence-electron chi connectivity index (χ2n) is 5.51. The maximum atomic E-state index is 12.3. The molecule has 2 aromatic carbocycles. The van der Waals surface area contributed by atoms with Crippen LogP contribution in [0.15, 0.2) is 48.5 Å². The van der Waals surface area contributed by atoms with Gasteiger partial charge in [0.05, 0.1) is 5.56 Å². The summed E-state index contributed by atoms with van der Waals surface area (Å²) in [5.74, 6) is -0.0562. The van der Waals surface area contributed by atoms with E-state index in [9.17, 15) is 4.79 Å². The first kappa shape index (κ1) is 15.1. The van der Waals surface area contributed by atoms with E-state index in [1.807, 2.05) is 36.4 Å². The van der Waals surface area contributed by atoms with Crippen LogP contribution in [0.3, 0.4) is 0 Å². The fourth-order valence-electron chi connectivity index (χ4n) is 2.10. The van der Waals surface area contributed by atoms with E-state index in [1.165, 1.54) is 5.56 Å². The number of aryl methyl sites for hydroxylation is 1. The molecule has 2 aromatic rings. The minimum atomic E-state index is -0.0562. The number of carbonyl (C=O) groups is 1. The highest BCUT2D eigenvalue weighted by Gasteiger charge is 2.11. The lowest BCUT2D eigenvalue weighted by Crippen LogP contribution is -2.24. The summed E-state index contributed by atoms with van der Waals surface area (Å²) >= 11 is 0. The summed E-state index contributed by atoms with van der Waals surface area (Å²) in [6.07, 6.45) is 0. The number of rotatable bonds is 5. The van der Waals surface area contributed by atoms with E-state index in [2.05, 4.69) is 43.5 Å². The number of amides is 1. The Labute approximate surface area is 126 Å². The van der Waals surface area contributed by atoms with Gasteiger partial charge in [0.25, 0.3) is 5.91 Å². The molecule has 0 aliphatic rings. The number of hydrogen-bond donors (Lipinski definition) is 2. The average Bonchev–Trinajstić information content (AvgIpc) is 2.46. The molecule has 3 heteroatoms. The Morgan fingerprint density at radius 2 is 1.71 bits per heavy atom. The molecular formula is C18H22N2O. The zero-order valence-electron chi connectivity index (χ0n) is 12.8. The summed E-state index contributed by atoms with van der Waals surface area (Å²) in [6.45, 7) is 6.70. The molecule has 2 N–H and O–H groups in total. The van der Waals surface area contributed by atoms with Gasteiger partial charge in [0.1, 0.15) is 0 Å². The van der Waals surface area contributed by atoms with Crippen molar-refractivity contribution in [3.05, 3.63) is 65.2 Å². The van der Waals surface area contributed by atoms with Crippen molar-refractivity contribution in [2.45, 2.75) is 33.4 Å². The Kier molecular flexibility index (Phi) is 4.99. The van der Waals surface area contributed by atoms with Crippen LogP contribution in [0.1, 0.15) is 35.3 Å². The number of anilines is 1. The highest BCUT2D eigenvalue weighted by molar-refractivity contribution is 5.99. The van der Waals surface area contributed by atoms with Gasteiger partial charge in [0.15, 0.2) is 0 Å². The quantitative estimate of drug-likeness (QED) is 0.877. The largest absolute Gasteiger partial charge is 0.382 e. The van der Waals surface area contributed by atoms with Crippen LogP contribution >= 0.6 is 0 Å². The zero-order valence-corrected chi connectivity index (χ0v) is 12.8. The van der Waals surface area contributed by atoms with Crippen LogP contribution in [-0.4, -0.2) is 11.9 Å². The molecule has 0 bridgehead atoms. The first-order valence-electron chi connectivity index (χ1n) is 7.25. The molecule has 2 rings (SSSR count). The number of para-hydroxylation sites is 1. The molecule has 0 aliphatic carbocycles. The molecule has 0 spiro atoms. The predicted molar refractivity (Wildman–Crippen MR) is 87.5 cm³/mol. The van der Waals surface area contributed by atoms with Crippen molar-refractivity contribution in [3.63, 3.8) is 0 Å². The van der Waals surface area contributed by atoms with Crippen LogP contribution in [0.5, 0.6) is 0 Å². The van der Waals surface area contributed by atoms with Gasteiger partial charge < -0.3 is 10.6 Å². The van der Waals surface area contributed by atoms with Crippen molar-refractivity contribution in [2.75, 3.05) is 5.32 Å². The molecule has 21 heavy (non-hydrogen) atoms. The maximum absolute atomic E-state index is 12.3. The van der Waals surface area contributed by atoms with E-state index in [4.69, 9.17) is 0 Å². The van der Waals surface area contributed by atoms with Gasteiger partial charge in [-0.3, -0.25) is 4.79 Å². The molecule has 110 valence electrons. The monoisotopic (exact) mass is 282 g/mol. The summed E-state index contributed by atoms with van der Waals surface area (Å²) in [5, 5.41) is 6.27. The minimum absolute atomic E-state index is 0.0562. The third-order valence-corrected chi connectivity index (χ3v) is 3.19. The van der Waals surface area contributed by atoms with Gasteiger partial charge in [-0.05, 0) is 38.5 Å². The van der Waals surface area contributed by atoms with Crippen molar-refractivity contribution in [2.24, 2.45) is 0 Å². The number of carbonyl (C=O) groups excluding carboxylic acids is 1. The highest BCUT2D eigenvalue weighted by Crippen LogP contribution is 2.16. The number of benzene rings is 2. The molecule has 0 fully saturated rings. The molecule has 0 saturated heterocycles. The Balaban J connectivity index is 2.05. The first-order chi connectivity index (χ1) is 10.1. The van der Waals surface area contributed by atoms with Crippen LogP contribution in [0.2, 0.25) is 0 Å². The molecule has 0 atom stereocenters. The Hall–Kier alpha value is -2.29. The first-order valence-corrected chi connectivity index (χ1v) is 7.25. The molecule has 0 radical (unpaired) electrons. The van der Waals surface area contributed by atoms with E-state index >= 15 is 0 Å². The lowest BCUT2D eigenvalue weighted by molar-refractivity contribution is 0.0951. The number of nitrogens with one attached hydrogen (secondary N) is 2. The topological polar surface area (TPSA) is 41.1 Å². The summed E-state index contributed by atoms with van der Waals surface area (Å²) < 4.78 is 0. The van der Waals surface area contributed by atoms with Crippen molar-refractivity contribution < 1.29 is 4.79 Å². The van der Waals surface area contributed by atoms with Crippen molar-refractivity contribution in [1.29, 1.82) is 0 Å². The average molecular weight is 282 g/mol. The molecule has 0 unspecified atom stereocenters. The van der Waals surface area contributed by atoms with Crippen LogP contribution in [0.4, 0.5) is 5.69 Å². The van der Waals surface area contributed by atoms with E-state index in [0.29, 0.717) is 12.1 Å². The Morgan fingerprint density at radius 1 is 1.05 bits per heavy atom.